The Morgan fingerprint density at radius 1 is 0.886 bits per heavy atom. The first-order chi connectivity index (χ1) is 17.0. The maximum absolute atomic E-state index is 14.4. The van der Waals surface area contributed by atoms with Crippen LogP contribution in [0.4, 0.5) is 8.63 Å². The molecule has 9 heteroatoms. The molecule has 1 N–H and O–H groups in total. The van der Waals surface area contributed by atoms with E-state index in [1.807, 2.05) is 67.6 Å². The number of benzene rings is 2. The van der Waals surface area contributed by atoms with Gasteiger partial charge in [0.05, 0.1) is 21.8 Å². The standard InChI is InChI=1S/C26H23BF2N4O2/c1-16-8-10-17(11-9-16)24(22-14-15-23(26(34-2)35-3)33(22)27(28)29)20-12-13-21(30-20)25-31-18-6-4-5-7-19(18)32-25/h4-15,26,30H,1-3H3/b24-20-. The van der Waals surface area contributed by atoms with Crippen LogP contribution < -0.4 is 21.4 Å². The van der Waals surface area contributed by atoms with Gasteiger partial charge in [-0.15, -0.1) is 0 Å². The summed E-state index contributed by atoms with van der Waals surface area (Å²) in [7, 11) is 0.0337. The van der Waals surface area contributed by atoms with Gasteiger partial charge in [0.15, 0.2) is 12.1 Å². The quantitative estimate of drug-likeness (QED) is 0.346. The van der Waals surface area contributed by atoms with Crippen molar-refractivity contribution in [2.75, 3.05) is 14.2 Å². The molecule has 0 saturated carbocycles. The fourth-order valence-electron chi connectivity index (χ4n) is 4.28. The van der Waals surface area contributed by atoms with Crippen LogP contribution in [0.1, 0.15) is 28.8 Å². The molecule has 4 aromatic rings. The van der Waals surface area contributed by atoms with Crippen molar-refractivity contribution in [1.29, 1.82) is 0 Å². The van der Waals surface area contributed by atoms with E-state index in [2.05, 4.69) is 15.0 Å². The van der Waals surface area contributed by atoms with Crippen LogP contribution in [0.3, 0.4) is 0 Å². The summed E-state index contributed by atoms with van der Waals surface area (Å²) in [4.78, 5) is 12.5. The molecule has 2 aromatic heterocycles. The van der Waals surface area contributed by atoms with Crippen molar-refractivity contribution in [3.8, 4) is 0 Å². The highest BCUT2D eigenvalue weighted by molar-refractivity contribution is 6.41. The van der Waals surface area contributed by atoms with Crippen molar-refractivity contribution in [2.24, 2.45) is 9.98 Å². The number of aryl methyl sites for hydroxylation is 1. The zero-order valence-corrected chi connectivity index (χ0v) is 19.5. The Balaban J connectivity index is 1.79. The van der Waals surface area contributed by atoms with E-state index in [1.165, 1.54) is 14.2 Å². The third-order valence-electron chi connectivity index (χ3n) is 5.94. The lowest BCUT2D eigenvalue weighted by molar-refractivity contribution is -0.109. The van der Waals surface area contributed by atoms with Crippen LogP contribution in [-0.4, -0.2) is 31.1 Å². The van der Waals surface area contributed by atoms with E-state index in [9.17, 15) is 8.63 Å². The number of hydrogen-bond acceptors (Lipinski definition) is 4. The third-order valence-corrected chi connectivity index (χ3v) is 5.94. The first-order valence-electron chi connectivity index (χ1n) is 11.1. The summed E-state index contributed by atoms with van der Waals surface area (Å²) in [6.45, 7) is 1.98. The fourth-order valence-corrected chi connectivity index (χ4v) is 4.28. The molecule has 0 unspecified atom stereocenters. The van der Waals surface area contributed by atoms with Crippen molar-refractivity contribution < 1.29 is 18.1 Å². The molecule has 5 rings (SSSR count). The van der Waals surface area contributed by atoms with Crippen LogP contribution in [0, 0.1) is 6.92 Å². The molecule has 35 heavy (non-hydrogen) atoms. The fraction of sp³-hybridized carbons (Fsp3) is 0.154. The van der Waals surface area contributed by atoms with Crippen molar-refractivity contribution in [1.82, 2.24) is 9.46 Å². The van der Waals surface area contributed by atoms with Crippen LogP contribution in [0.2, 0.25) is 0 Å². The Morgan fingerprint density at radius 3 is 2.14 bits per heavy atom. The molecule has 1 aliphatic heterocycles. The minimum atomic E-state index is -2.80. The maximum Gasteiger partial charge on any atom is 0.677 e. The number of fused-ring (bicyclic) bond motifs is 1. The minimum absolute atomic E-state index is 0.224. The number of nitrogens with zero attached hydrogens (tertiary/aromatic N) is 3. The van der Waals surface area contributed by atoms with Gasteiger partial charge in [0.2, 0.25) is 0 Å². The molecule has 0 amide bonds. The highest BCUT2D eigenvalue weighted by Gasteiger charge is 2.29. The maximum atomic E-state index is 14.4. The Bertz CT molecular complexity index is 1580. The van der Waals surface area contributed by atoms with E-state index < -0.39 is 13.7 Å². The number of hydrogen-bond donors (Lipinski definition) is 1. The van der Waals surface area contributed by atoms with Crippen LogP contribution >= 0.6 is 0 Å². The number of halogens is 2. The van der Waals surface area contributed by atoms with Crippen molar-refractivity contribution in [3.05, 3.63) is 117 Å². The zero-order valence-electron chi connectivity index (χ0n) is 19.5. The van der Waals surface area contributed by atoms with Gasteiger partial charge in [0, 0.05) is 30.8 Å². The molecule has 1 aliphatic rings. The highest BCUT2D eigenvalue weighted by Crippen LogP contribution is 2.28. The second kappa shape index (κ2) is 9.44. The largest absolute Gasteiger partial charge is 0.677 e. The Hall–Kier alpha value is -3.82. The number of aromatic nitrogens is 2. The van der Waals surface area contributed by atoms with Crippen LogP contribution in [0.5, 0.6) is 0 Å². The zero-order chi connectivity index (χ0) is 24.5. The van der Waals surface area contributed by atoms with E-state index in [0.717, 1.165) is 26.3 Å². The number of para-hydroxylation sites is 2. The summed E-state index contributed by atoms with van der Waals surface area (Å²) in [5.74, 6) is 0.546. The Kier molecular flexibility index (Phi) is 6.19. The van der Waals surface area contributed by atoms with Gasteiger partial charge in [0.25, 0.3) is 0 Å². The Morgan fingerprint density at radius 2 is 1.54 bits per heavy atom. The average molecular weight is 472 g/mol. The first kappa shape index (κ1) is 23.0. The predicted octanol–water partition coefficient (Wildman–Crippen LogP) is 2.45. The SMILES string of the molecule is COC(OC)c1ccc(/C(c2ccc(C)cc2)=c2/ccc(=C3N=c4ccccc4=N3)[nH]2)n1B(F)F. The van der Waals surface area contributed by atoms with Gasteiger partial charge in [-0.2, -0.15) is 0 Å². The summed E-state index contributed by atoms with van der Waals surface area (Å²) >= 11 is 0. The number of aromatic amines is 1. The number of nitrogens with one attached hydrogen (secondary N) is 1. The van der Waals surface area contributed by atoms with E-state index in [1.54, 1.807) is 12.1 Å². The van der Waals surface area contributed by atoms with Gasteiger partial charge < -0.3 is 18.9 Å². The van der Waals surface area contributed by atoms with E-state index in [0.29, 0.717) is 27.8 Å². The van der Waals surface area contributed by atoms with E-state index in [4.69, 9.17) is 9.47 Å². The minimum Gasteiger partial charge on any atom is -0.352 e. The molecule has 0 fully saturated rings. The number of ether oxygens (including phenoxy) is 2. The van der Waals surface area contributed by atoms with Crippen molar-refractivity contribution in [3.63, 3.8) is 0 Å². The van der Waals surface area contributed by atoms with Gasteiger partial charge in [0.1, 0.15) is 0 Å². The van der Waals surface area contributed by atoms with Crippen molar-refractivity contribution in [2.45, 2.75) is 13.2 Å². The molecular formula is C26H23BF2N4O2. The first-order valence-corrected chi connectivity index (χ1v) is 11.1. The molecular weight excluding hydrogens is 449 g/mol. The molecule has 0 atom stereocenters. The van der Waals surface area contributed by atoms with Gasteiger partial charge in [-0.3, -0.25) is 8.63 Å². The Labute approximate surface area is 200 Å². The molecule has 176 valence electrons. The molecule has 0 spiro atoms. The number of rotatable bonds is 6. The topological polar surface area (TPSA) is 63.9 Å². The second-order valence-electron chi connectivity index (χ2n) is 8.16. The van der Waals surface area contributed by atoms with Gasteiger partial charge in [-0.1, -0.05) is 42.0 Å². The third kappa shape index (κ3) is 4.24. The second-order valence-corrected chi connectivity index (χ2v) is 8.16. The highest BCUT2D eigenvalue weighted by atomic mass is 19.2. The van der Waals surface area contributed by atoms with Crippen LogP contribution in [-0.2, 0) is 9.47 Å². The smallest absolute Gasteiger partial charge is 0.352 e. The lowest BCUT2D eigenvalue weighted by Gasteiger charge is -2.18. The summed E-state index contributed by atoms with van der Waals surface area (Å²) in [5.41, 5.74) is 3.03. The molecule has 0 aliphatic carbocycles. The normalized spacial score (nSPS) is 13.5. The summed E-state index contributed by atoms with van der Waals surface area (Å²) in [5, 5.41) is 2.95. The monoisotopic (exact) mass is 472 g/mol. The lowest BCUT2D eigenvalue weighted by atomic mass is 9.99. The number of H-pyrrole nitrogens is 1. The molecule has 6 nitrogen and oxygen atoms in total. The molecule has 3 heterocycles. The van der Waals surface area contributed by atoms with E-state index in [-0.39, 0.29) is 5.69 Å². The van der Waals surface area contributed by atoms with Gasteiger partial charge in [-0.25, -0.2) is 9.98 Å². The molecule has 0 saturated heterocycles. The lowest BCUT2D eigenvalue weighted by Crippen LogP contribution is -2.24. The van der Waals surface area contributed by atoms with Crippen LogP contribution in [0.15, 0.2) is 82.8 Å². The molecule has 0 bridgehead atoms. The van der Waals surface area contributed by atoms with Crippen LogP contribution in [0.25, 0.3) is 11.4 Å². The molecule has 0 radical (unpaired) electrons. The summed E-state index contributed by atoms with van der Waals surface area (Å²) < 4.78 is 40.3. The summed E-state index contributed by atoms with van der Waals surface area (Å²) in [6.07, 6.45) is -0.929. The average Bonchev–Trinajstić information content (AvgIpc) is 3.60. The van der Waals surface area contributed by atoms with Gasteiger partial charge in [-0.05, 0) is 48.9 Å². The molecule has 2 aromatic carbocycles. The summed E-state index contributed by atoms with van der Waals surface area (Å²) in [6, 6.07) is 22.4. The van der Waals surface area contributed by atoms with Gasteiger partial charge >= 0.3 is 7.40 Å². The van der Waals surface area contributed by atoms with E-state index >= 15 is 0 Å². The predicted molar refractivity (Wildman–Crippen MR) is 130 cm³/mol. The van der Waals surface area contributed by atoms with Crippen molar-refractivity contribution >= 4 is 18.8 Å². The number of methoxy groups -OCH3 is 2.